The van der Waals surface area contributed by atoms with E-state index in [1.807, 2.05) is 0 Å². The minimum atomic E-state index is -0.978. The third kappa shape index (κ3) is 17.3. The van der Waals surface area contributed by atoms with Crippen LogP contribution in [-0.2, 0) is 28.5 Å². The average Bonchev–Trinajstić information content (AvgIpc) is 2.50. The zero-order valence-corrected chi connectivity index (χ0v) is 13.8. The van der Waals surface area contributed by atoms with Crippen molar-refractivity contribution in [1.29, 1.82) is 0 Å². The van der Waals surface area contributed by atoms with Gasteiger partial charge in [0.1, 0.15) is 6.61 Å². The third-order valence-corrected chi connectivity index (χ3v) is 2.81. The van der Waals surface area contributed by atoms with E-state index < -0.39 is 5.97 Å². The van der Waals surface area contributed by atoms with Gasteiger partial charge in [-0.25, -0.2) is 4.79 Å². The van der Waals surface area contributed by atoms with Crippen LogP contribution in [0, 0.1) is 5.92 Å². The van der Waals surface area contributed by atoms with Crippen LogP contribution in [0.1, 0.15) is 20.3 Å². The summed E-state index contributed by atoms with van der Waals surface area (Å²) in [5.41, 5.74) is 0. The van der Waals surface area contributed by atoms with Gasteiger partial charge in [0, 0.05) is 6.61 Å². The van der Waals surface area contributed by atoms with Gasteiger partial charge in [0.15, 0.2) is 0 Å². The van der Waals surface area contributed by atoms with E-state index in [1.165, 1.54) is 0 Å². The van der Waals surface area contributed by atoms with Crippen LogP contribution < -0.4 is 0 Å². The molecule has 0 aromatic heterocycles. The molecule has 0 spiro atoms. The Morgan fingerprint density at radius 1 is 0.818 bits per heavy atom. The first-order chi connectivity index (χ1) is 10.7. The predicted octanol–water partition coefficient (Wildman–Crippen LogP) is 1.20. The highest BCUT2D eigenvalue weighted by Gasteiger charge is 1.98. The van der Waals surface area contributed by atoms with Gasteiger partial charge < -0.3 is 28.8 Å². The minimum absolute atomic E-state index is 0.270. The van der Waals surface area contributed by atoms with Gasteiger partial charge in [0.25, 0.3) is 0 Å². The molecule has 0 aromatic carbocycles. The maximum atomic E-state index is 10.2. The lowest BCUT2D eigenvalue weighted by Crippen LogP contribution is -2.15. The Morgan fingerprint density at radius 2 is 1.23 bits per heavy atom. The highest BCUT2D eigenvalue weighted by Crippen LogP contribution is 1.99. The molecule has 0 bridgehead atoms. The lowest BCUT2D eigenvalue weighted by Gasteiger charge is -2.10. The van der Waals surface area contributed by atoms with Gasteiger partial charge in [0.05, 0.1) is 52.9 Å². The Bertz CT molecular complexity index is 248. The summed E-state index contributed by atoms with van der Waals surface area (Å²) in [6.07, 6.45) is 1.13. The smallest absolute Gasteiger partial charge is 0.329 e. The maximum Gasteiger partial charge on any atom is 0.329 e. The lowest BCUT2D eigenvalue weighted by atomic mass is 10.1. The van der Waals surface area contributed by atoms with Gasteiger partial charge in [-0.3, -0.25) is 0 Å². The van der Waals surface area contributed by atoms with E-state index >= 15 is 0 Å². The van der Waals surface area contributed by atoms with Crippen LogP contribution in [-0.4, -0.2) is 77.1 Å². The van der Waals surface area contributed by atoms with Crippen molar-refractivity contribution in [2.24, 2.45) is 5.92 Å². The Kier molecular flexibility index (Phi) is 16.1. The van der Waals surface area contributed by atoms with Crippen molar-refractivity contribution in [3.8, 4) is 0 Å². The van der Waals surface area contributed by atoms with Gasteiger partial charge in [0.2, 0.25) is 0 Å². The van der Waals surface area contributed by atoms with E-state index in [0.717, 1.165) is 13.0 Å². The van der Waals surface area contributed by atoms with E-state index in [4.69, 9.17) is 28.8 Å². The Hall–Kier alpha value is -0.730. The molecule has 0 saturated carbocycles. The normalized spacial score (nSPS) is 12.5. The second-order valence-corrected chi connectivity index (χ2v) is 4.87. The lowest BCUT2D eigenvalue weighted by molar-refractivity contribution is -0.142. The summed E-state index contributed by atoms with van der Waals surface area (Å²) in [4.78, 5) is 10.2. The number of carbonyl (C=O) groups is 1. The second kappa shape index (κ2) is 16.6. The first kappa shape index (κ1) is 21.3. The van der Waals surface area contributed by atoms with Gasteiger partial charge in [-0.2, -0.15) is 0 Å². The fourth-order valence-electron chi connectivity index (χ4n) is 1.34. The molecule has 0 aromatic rings. The first-order valence-corrected chi connectivity index (χ1v) is 7.77. The van der Waals surface area contributed by atoms with Crippen LogP contribution >= 0.6 is 0 Å². The fraction of sp³-hybridized carbons (Fsp3) is 0.933. The molecule has 7 heteroatoms. The van der Waals surface area contributed by atoms with E-state index in [2.05, 4.69) is 13.8 Å². The number of rotatable bonds is 17. The van der Waals surface area contributed by atoms with Crippen molar-refractivity contribution in [2.45, 2.75) is 20.3 Å². The Labute approximate surface area is 132 Å². The number of hydrogen-bond donors (Lipinski definition) is 1. The first-order valence-electron chi connectivity index (χ1n) is 7.77. The van der Waals surface area contributed by atoms with Gasteiger partial charge in [-0.1, -0.05) is 20.3 Å². The summed E-state index contributed by atoms with van der Waals surface area (Å²) < 4.78 is 26.2. The third-order valence-electron chi connectivity index (χ3n) is 2.81. The van der Waals surface area contributed by atoms with E-state index in [9.17, 15) is 4.79 Å². The molecule has 0 aliphatic rings. The molecule has 0 fully saturated rings. The summed E-state index contributed by atoms with van der Waals surface area (Å²) in [5.74, 6) is -0.383. The van der Waals surface area contributed by atoms with Crippen LogP contribution in [0.3, 0.4) is 0 Å². The van der Waals surface area contributed by atoms with E-state index in [-0.39, 0.29) is 13.2 Å². The number of carboxylic acid groups (broad SMARTS) is 1. The molecule has 0 aliphatic heterocycles. The fourth-order valence-corrected chi connectivity index (χ4v) is 1.34. The Balaban J connectivity index is 3.01. The summed E-state index contributed by atoms with van der Waals surface area (Å²) >= 11 is 0. The monoisotopic (exact) mass is 322 g/mol. The van der Waals surface area contributed by atoms with Crippen LogP contribution in [0.5, 0.6) is 0 Å². The predicted molar refractivity (Wildman–Crippen MR) is 81.2 cm³/mol. The largest absolute Gasteiger partial charge is 0.480 e. The SMILES string of the molecule is CCC(C)COCCOCCOCCOCCOCC(=O)O. The van der Waals surface area contributed by atoms with Crippen molar-refractivity contribution in [1.82, 2.24) is 0 Å². The van der Waals surface area contributed by atoms with E-state index in [1.54, 1.807) is 0 Å². The van der Waals surface area contributed by atoms with Gasteiger partial charge in [-0.15, -0.1) is 0 Å². The van der Waals surface area contributed by atoms with Gasteiger partial charge >= 0.3 is 5.97 Å². The molecular formula is C15H30O7. The molecule has 7 nitrogen and oxygen atoms in total. The molecule has 1 atom stereocenters. The molecule has 1 unspecified atom stereocenters. The minimum Gasteiger partial charge on any atom is -0.480 e. The summed E-state index contributed by atoms with van der Waals surface area (Å²) in [6, 6.07) is 0. The maximum absolute atomic E-state index is 10.2. The van der Waals surface area contributed by atoms with Crippen LogP contribution in [0.25, 0.3) is 0 Å². The Morgan fingerprint density at radius 3 is 1.64 bits per heavy atom. The van der Waals surface area contributed by atoms with Crippen LogP contribution in [0.2, 0.25) is 0 Å². The number of hydrogen-bond acceptors (Lipinski definition) is 6. The molecule has 1 N–H and O–H groups in total. The van der Waals surface area contributed by atoms with Crippen molar-refractivity contribution >= 4 is 5.97 Å². The molecule has 0 saturated heterocycles. The molecule has 132 valence electrons. The zero-order chi connectivity index (χ0) is 16.5. The second-order valence-electron chi connectivity index (χ2n) is 4.87. The average molecular weight is 322 g/mol. The highest BCUT2D eigenvalue weighted by molar-refractivity contribution is 5.67. The summed E-state index contributed by atoms with van der Waals surface area (Å²) in [7, 11) is 0. The zero-order valence-electron chi connectivity index (χ0n) is 13.8. The van der Waals surface area contributed by atoms with Gasteiger partial charge in [-0.05, 0) is 5.92 Å². The summed E-state index contributed by atoms with van der Waals surface area (Å²) in [6.45, 7) is 8.61. The highest BCUT2D eigenvalue weighted by atomic mass is 16.6. The van der Waals surface area contributed by atoms with E-state index in [0.29, 0.717) is 52.2 Å². The van der Waals surface area contributed by atoms with Crippen molar-refractivity contribution < 1.29 is 33.6 Å². The molecule has 0 radical (unpaired) electrons. The van der Waals surface area contributed by atoms with Crippen molar-refractivity contribution in [2.75, 3.05) is 66.1 Å². The van der Waals surface area contributed by atoms with Crippen LogP contribution in [0.4, 0.5) is 0 Å². The molecule has 0 amide bonds. The van der Waals surface area contributed by atoms with Crippen molar-refractivity contribution in [3.05, 3.63) is 0 Å². The molecule has 0 rings (SSSR count). The topological polar surface area (TPSA) is 83.5 Å². The standard InChI is InChI=1S/C15H30O7/c1-3-14(2)12-21-10-8-19-6-4-18-5-7-20-9-11-22-13-15(16)17/h14H,3-13H2,1-2H3,(H,16,17). The van der Waals surface area contributed by atoms with Crippen molar-refractivity contribution in [3.63, 3.8) is 0 Å². The number of ether oxygens (including phenoxy) is 5. The molecule has 0 heterocycles. The summed E-state index contributed by atoms with van der Waals surface area (Å²) in [5, 5.41) is 8.33. The molecule has 0 aliphatic carbocycles. The molecule has 22 heavy (non-hydrogen) atoms. The quantitative estimate of drug-likeness (QED) is 0.403. The molecular weight excluding hydrogens is 292 g/mol. The number of aliphatic carboxylic acids is 1. The van der Waals surface area contributed by atoms with Crippen LogP contribution in [0.15, 0.2) is 0 Å². The number of carboxylic acids is 1.